The summed E-state index contributed by atoms with van der Waals surface area (Å²) in [6, 6.07) is 20.2. The van der Waals surface area contributed by atoms with Crippen LogP contribution in [0.25, 0.3) is 31.7 Å². The molecule has 8 N–H and O–H groups in total. The Kier molecular flexibility index (Phi) is 16.1. The van der Waals surface area contributed by atoms with Crippen molar-refractivity contribution >= 4 is 68.2 Å². The van der Waals surface area contributed by atoms with Crippen LogP contribution in [0.1, 0.15) is 41.4 Å². The van der Waals surface area contributed by atoms with Crippen LogP contribution in [-0.2, 0) is 36.4 Å². The van der Waals surface area contributed by atoms with E-state index in [1.165, 1.54) is 6.20 Å². The summed E-state index contributed by atoms with van der Waals surface area (Å²) in [6.07, 6.45) is -2.72. The van der Waals surface area contributed by atoms with Gasteiger partial charge in [0.1, 0.15) is 32.2 Å². The SMILES string of the molecule is CN(CCCC(=O)NCC#Cc1cn([C@H]2C[C@H](O)[C@@H](COP(=O)(O)OP(=O)(O)OP(=O)(O)O)O2)c(=O)nc1N)C(=O)c1ccccc1-c1c2ccc(=[N+](C)C)cc-2sc2cc(N(C)C)ccc12. The highest BCUT2D eigenvalue weighted by molar-refractivity contribution is 7.66. The quantitative estimate of drug-likeness (QED) is 0.0323. The molecule has 5 atom stereocenters. The summed E-state index contributed by atoms with van der Waals surface area (Å²) in [6.45, 7) is -0.789. The maximum atomic E-state index is 14.1. The van der Waals surface area contributed by atoms with E-state index in [0.717, 1.165) is 47.3 Å². The number of nitrogens with one attached hydrogen (secondary N) is 1. The summed E-state index contributed by atoms with van der Waals surface area (Å²) in [4.78, 5) is 84.5. The first kappa shape index (κ1) is 51.3. The van der Waals surface area contributed by atoms with Gasteiger partial charge in [0.2, 0.25) is 11.3 Å². The Morgan fingerprint density at radius 3 is 2.45 bits per heavy atom. The fourth-order valence-electron chi connectivity index (χ4n) is 7.05. The highest BCUT2D eigenvalue weighted by Gasteiger charge is 2.43. The lowest BCUT2D eigenvalue weighted by Gasteiger charge is -2.22. The number of phosphoric ester groups is 1. The minimum atomic E-state index is -5.78. The number of aliphatic hydroxyl groups is 1. The van der Waals surface area contributed by atoms with Crippen LogP contribution in [0.3, 0.4) is 0 Å². The molecule has 0 saturated carbocycles. The van der Waals surface area contributed by atoms with Crippen molar-refractivity contribution < 1.29 is 65.8 Å². The number of aliphatic hydroxyl groups excluding tert-OH is 1. The molecule has 2 aliphatic heterocycles. The van der Waals surface area contributed by atoms with Crippen molar-refractivity contribution in [3.05, 3.63) is 93.8 Å². The molecule has 0 spiro atoms. The Labute approximate surface area is 387 Å². The number of nitrogens with zero attached hydrogens (tertiary/aromatic N) is 5. The molecule has 22 nitrogen and oxygen atoms in total. The van der Waals surface area contributed by atoms with Crippen LogP contribution in [-0.4, -0.2) is 118 Å². The molecule has 3 heterocycles. The van der Waals surface area contributed by atoms with Gasteiger partial charge in [-0.25, -0.2) is 23.1 Å². The fourth-order valence-corrected chi connectivity index (χ4v) is 11.2. The zero-order chi connectivity index (χ0) is 49.0. The second kappa shape index (κ2) is 21.0. The Hall–Kier alpha value is -5.14. The van der Waals surface area contributed by atoms with Gasteiger partial charge in [-0.1, -0.05) is 36.1 Å². The van der Waals surface area contributed by atoms with E-state index in [4.69, 9.17) is 20.3 Å². The van der Waals surface area contributed by atoms with Crippen LogP contribution >= 0.6 is 34.8 Å². The summed E-state index contributed by atoms with van der Waals surface area (Å²) in [5.74, 6) is 4.66. The van der Waals surface area contributed by atoms with E-state index in [1.54, 1.807) is 23.3 Å². The molecule has 2 unspecified atom stereocenters. The summed E-state index contributed by atoms with van der Waals surface area (Å²) in [7, 11) is -7.22. The van der Waals surface area contributed by atoms with Crippen molar-refractivity contribution in [3.63, 3.8) is 0 Å². The number of hydrogen-bond donors (Lipinski definition) is 7. The number of carbonyl (C=O) groups is 2. The number of benzene rings is 3. The molecule has 1 saturated heterocycles. The standard InChI is InChI=1S/C41H48N7O15P3S/c1-45(2)26-14-16-30-34(20-26)67-35-21-27(46(3)4)15-17-31(35)38(30)28-11-6-7-12-29(28)40(51)47(5)19-9-13-36(50)43-18-8-10-25-23-48(41(52)44-39(25)42)37-22-32(49)33(61-37)24-60-65(56,57)63-66(58,59)62-64(53,54)55/h6-7,11-12,14-17,20-21,23,32-33,37,49H,9,13,18-19,22,24H2,1-5H3,(H6-,42,43,44,50,52,53,54,55,56,57,58,59)/p+1/t32-,33+,37+/m0/s1. The minimum Gasteiger partial charge on any atom is -0.390 e. The molecule has 358 valence electrons. The van der Waals surface area contributed by atoms with Crippen molar-refractivity contribution in [2.45, 2.75) is 37.7 Å². The normalized spacial score (nSPS) is 17.9. The van der Waals surface area contributed by atoms with E-state index in [2.05, 4.69) is 81.2 Å². The van der Waals surface area contributed by atoms with Gasteiger partial charge in [0.05, 0.1) is 24.8 Å². The maximum Gasteiger partial charge on any atom is 0.490 e. The third-order valence-corrected chi connectivity index (χ3v) is 15.2. The predicted octanol–water partition coefficient (Wildman–Crippen LogP) is 2.92. The summed E-state index contributed by atoms with van der Waals surface area (Å²) >= 11 is 1.70. The van der Waals surface area contributed by atoms with Crippen molar-refractivity contribution in [1.29, 1.82) is 0 Å². The largest absolute Gasteiger partial charge is 0.490 e. The van der Waals surface area contributed by atoms with E-state index in [-0.39, 0.29) is 49.1 Å². The second-order valence-electron chi connectivity index (χ2n) is 15.6. The molecular formula is C41H49N7O15P3S+. The number of carbonyl (C=O) groups excluding carboxylic acids is 2. The third kappa shape index (κ3) is 13.1. The monoisotopic (exact) mass is 1000 g/mol. The number of aromatic nitrogens is 2. The number of rotatable bonds is 16. The predicted molar refractivity (Wildman–Crippen MR) is 249 cm³/mol. The fraction of sp³-hybridized carbons (Fsp3) is 0.341. The second-order valence-corrected chi connectivity index (χ2v) is 21.1. The van der Waals surface area contributed by atoms with E-state index in [9.17, 15) is 43.0 Å². The average Bonchev–Trinajstić information content (AvgIpc) is 3.61. The zero-order valence-corrected chi connectivity index (χ0v) is 40.2. The molecule has 1 fully saturated rings. The third-order valence-electron chi connectivity index (χ3n) is 10.3. The van der Waals surface area contributed by atoms with Gasteiger partial charge in [-0.2, -0.15) is 13.6 Å². The van der Waals surface area contributed by atoms with Gasteiger partial charge in [-0.15, -0.1) is 11.3 Å². The van der Waals surface area contributed by atoms with Gasteiger partial charge in [-0.05, 0) is 41.8 Å². The first-order valence-electron chi connectivity index (χ1n) is 20.2. The highest BCUT2D eigenvalue weighted by Crippen LogP contribution is 2.66. The van der Waals surface area contributed by atoms with Crippen molar-refractivity contribution in [2.75, 3.05) is 65.6 Å². The molecule has 6 rings (SSSR count). The maximum absolute atomic E-state index is 14.1. The first-order valence-corrected chi connectivity index (χ1v) is 25.5. The van der Waals surface area contributed by atoms with Gasteiger partial charge in [0.25, 0.3) is 5.91 Å². The first-order chi connectivity index (χ1) is 31.4. The molecule has 1 aromatic heterocycles. The van der Waals surface area contributed by atoms with E-state index >= 15 is 0 Å². The van der Waals surface area contributed by atoms with Gasteiger partial charge < -0.3 is 50.3 Å². The number of anilines is 2. The molecule has 3 aromatic rings. The molecule has 3 aliphatic rings. The number of hydrogen-bond acceptors (Lipinski definition) is 15. The van der Waals surface area contributed by atoms with Crippen LogP contribution in [0.15, 0.2) is 71.7 Å². The number of ether oxygens (including phenoxy) is 1. The van der Waals surface area contributed by atoms with Crippen LogP contribution in [0.2, 0.25) is 0 Å². The lowest BCUT2D eigenvalue weighted by molar-refractivity contribution is -0.121. The van der Waals surface area contributed by atoms with Gasteiger partial charge in [0.15, 0.2) is 0 Å². The topological polar surface area (TPSA) is 306 Å². The lowest BCUT2D eigenvalue weighted by Crippen LogP contribution is -2.30. The van der Waals surface area contributed by atoms with Crippen molar-refractivity contribution in [2.24, 2.45) is 0 Å². The van der Waals surface area contributed by atoms with Crippen LogP contribution in [0, 0.1) is 11.8 Å². The summed E-state index contributed by atoms with van der Waals surface area (Å²) in [5.41, 5.74) is 9.43. The van der Waals surface area contributed by atoms with Crippen LogP contribution in [0.4, 0.5) is 11.5 Å². The van der Waals surface area contributed by atoms with E-state index in [1.807, 2.05) is 52.5 Å². The molecular weight excluding hydrogens is 955 g/mol. The number of nitrogens with two attached hydrogens (primary N) is 1. The summed E-state index contributed by atoms with van der Waals surface area (Å²) in [5, 5.41) is 15.2. The van der Waals surface area contributed by atoms with Crippen LogP contribution < -0.4 is 31.6 Å². The Bertz CT molecular complexity index is 3020. The van der Waals surface area contributed by atoms with E-state index < -0.39 is 54.2 Å². The average molecular weight is 1000 g/mol. The van der Waals surface area contributed by atoms with E-state index in [0.29, 0.717) is 12.0 Å². The number of fused-ring (bicyclic) bond motifs is 2. The Morgan fingerprint density at radius 1 is 1.01 bits per heavy atom. The van der Waals surface area contributed by atoms with Crippen molar-refractivity contribution in [3.8, 4) is 33.4 Å². The highest BCUT2D eigenvalue weighted by atomic mass is 32.1. The van der Waals surface area contributed by atoms with Gasteiger partial charge >= 0.3 is 29.2 Å². The molecule has 0 radical (unpaired) electrons. The molecule has 67 heavy (non-hydrogen) atoms. The minimum absolute atomic E-state index is 0.0535. The van der Waals surface area contributed by atoms with Gasteiger partial charge in [0, 0.05) is 90.6 Å². The number of phosphoric acid groups is 3. The molecule has 2 aromatic carbocycles. The lowest BCUT2D eigenvalue weighted by atomic mass is 9.91. The summed E-state index contributed by atoms with van der Waals surface area (Å²) < 4.78 is 56.1. The smallest absolute Gasteiger partial charge is 0.390 e. The number of nitrogen functional groups attached to an aromatic ring is 1. The molecule has 0 bridgehead atoms. The number of amides is 2. The van der Waals surface area contributed by atoms with Crippen LogP contribution in [0.5, 0.6) is 0 Å². The Morgan fingerprint density at radius 2 is 1.75 bits per heavy atom. The molecule has 26 heteroatoms. The molecule has 2 amide bonds. The van der Waals surface area contributed by atoms with Crippen molar-refractivity contribution in [1.82, 2.24) is 24.3 Å². The van der Waals surface area contributed by atoms with Gasteiger partial charge in [-0.3, -0.25) is 18.7 Å². The Balaban J connectivity index is 1.05. The zero-order valence-electron chi connectivity index (χ0n) is 36.7. The molecule has 1 aliphatic carbocycles.